The van der Waals surface area contributed by atoms with Gasteiger partial charge in [0.05, 0.1) is 23.9 Å². The minimum atomic E-state index is -0.0454. The van der Waals surface area contributed by atoms with Gasteiger partial charge in [0, 0.05) is 9.37 Å². The van der Waals surface area contributed by atoms with Gasteiger partial charge in [-0.3, -0.25) is 9.36 Å². The Hall–Kier alpha value is -1.79. The molecule has 0 aliphatic carbocycles. The SMILES string of the molecule is COc1ccc2nc(C)n(CSc3ccc(Br)cc3)c(=O)c2c1. The average molecular weight is 391 g/mol. The number of aromatic nitrogens is 2. The van der Waals surface area contributed by atoms with Crippen molar-refractivity contribution in [2.24, 2.45) is 0 Å². The minimum absolute atomic E-state index is 0.0454. The maximum Gasteiger partial charge on any atom is 0.262 e. The minimum Gasteiger partial charge on any atom is -0.497 e. The van der Waals surface area contributed by atoms with Crippen molar-refractivity contribution in [3.63, 3.8) is 0 Å². The van der Waals surface area contributed by atoms with Gasteiger partial charge in [0.15, 0.2) is 0 Å². The van der Waals surface area contributed by atoms with E-state index in [1.165, 1.54) is 0 Å². The van der Waals surface area contributed by atoms with Crippen LogP contribution in [-0.4, -0.2) is 16.7 Å². The summed E-state index contributed by atoms with van der Waals surface area (Å²) in [5.74, 6) is 1.89. The van der Waals surface area contributed by atoms with Gasteiger partial charge < -0.3 is 4.74 Å². The van der Waals surface area contributed by atoms with E-state index >= 15 is 0 Å². The van der Waals surface area contributed by atoms with E-state index in [0.29, 0.717) is 28.4 Å². The molecule has 0 aliphatic rings. The fraction of sp³-hybridized carbons (Fsp3) is 0.176. The first-order chi connectivity index (χ1) is 11.1. The average Bonchev–Trinajstić information content (AvgIpc) is 2.56. The second-order valence-corrected chi connectivity index (χ2v) is 6.94. The van der Waals surface area contributed by atoms with Crippen LogP contribution >= 0.6 is 27.7 Å². The quantitative estimate of drug-likeness (QED) is 0.625. The summed E-state index contributed by atoms with van der Waals surface area (Å²) in [7, 11) is 1.59. The molecule has 0 saturated carbocycles. The van der Waals surface area contributed by atoms with E-state index in [-0.39, 0.29) is 5.56 Å². The van der Waals surface area contributed by atoms with E-state index in [0.717, 1.165) is 9.37 Å². The second kappa shape index (κ2) is 6.76. The monoisotopic (exact) mass is 390 g/mol. The third kappa shape index (κ3) is 3.43. The number of benzene rings is 2. The highest BCUT2D eigenvalue weighted by atomic mass is 79.9. The van der Waals surface area contributed by atoms with Crippen LogP contribution in [0.2, 0.25) is 0 Å². The van der Waals surface area contributed by atoms with E-state index in [1.807, 2.05) is 43.3 Å². The van der Waals surface area contributed by atoms with E-state index in [1.54, 1.807) is 29.5 Å². The molecule has 1 aromatic heterocycles. The first-order valence-corrected chi connectivity index (χ1v) is 8.80. The number of rotatable bonds is 4. The molecule has 4 nitrogen and oxygen atoms in total. The predicted octanol–water partition coefficient (Wildman–Crippen LogP) is 4.23. The normalized spacial score (nSPS) is 10.9. The summed E-state index contributed by atoms with van der Waals surface area (Å²) < 4.78 is 7.93. The smallest absolute Gasteiger partial charge is 0.262 e. The summed E-state index contributed by atoms with van der Waals surface area (Å²) in [6.07, 6.45) is 0. The number of aryl methyl sites for hydroxylation is 1. The summed E-state index contributed by atoms with van der Waals surface area (Å²) in [6.45, 7) is 1.85. The summed E-state index contributed by atoms with van der Waals surface area (Å²) >= 11 is 5.02. The number of ether oxygens (including phenoxy) is 1. The molecule has 23 heavy (non-hydrogen) atoms. The highest BCUT2D eigenvalue weighted by molar-refractivity contribution is 9.10. The Morgan fingerprint density at radius 1 is 1.22 bits per heavy atom. The van der Waals surface area contributed by atoms with E-state index in [4.69, 9.17) is 4.74 Å². The highest BCUT2D eigenvalue weighted by Gasteiger charge is 2.09. The van der Waals surface area contributed by atoms with Crippen molar-refractivity contribution in [2.75, 3.05) is 7.11 Å². The Bertz CT molecular complexity index is 907. The van der Waals surface area contributed by atoms with Crippen LogP contribution in [0.5, 0.6) is 5.75 Å². The molecule has 3 rings (SSSR count). The van der Waals surface area contributed by atoms with Crippen molar-refractivity contribution in [1.82, 2.24) is 9.55 Å². The van der Waals surface area contributed by atoms with Gasteiger partial charge in [-0.15, -0.1) is 11.8 Å². The Balaban J connectivity index is 1.96. The Labute approximate surface area is 146 Å². The Morgan fingerprint density at radius 3 is 2.65 bits per heavy atom. The van der Waals surface area contributed by atoms with Gasteiger partial charge in [-0.1, -0.05) is 15.9 Å². The van der Waals surface area contributed by atoms with Gasteiger partial charge in [0.25, 0.3) is 5.56 Å². The van der Waals surface area contributed by atoms with Crippen molar-refractivity contribution in [3.05, 3.63) is 63.1 Å². The zero-order valence-corrected chi connectivity index (χ0v) is 15.1. The van der Waals surface area contributed by atoms with Gasteiger partial charge in [0.1, 0.15) is 11.6 Å². The number of methoxy groups -OCH3 is 1. The van der Waals surface area contributed by atoms with Crippen LogP contribution < -0.4 is 10.3 Å². The molecule has 0 radical (unpaired) electrons. The van der Waals surface area contributed by atoms with Gasteiger partial charge in [-0.25, -0.2) is 4.98 Å². The maximum atomic E-state index is 12.7. The fourth-order valence-corrected chi connectivity index (χ4v) is 3.44. The lowest BCUT2D eigenvalue weighted by Gasteiger charge is -2.11. The summed E-state index contributed by atoms with van der Waals surface area (Å²) in [5, 5.41) is 0.575. The maximum absolute atomic E-state index is 12.7. The summed E-state index contributed by atoms with van der Waals surface area (Å²) in [4.78, 5) is 18.4. The molecular weight excluding hydrogens is 376 g/mol. The first-order valence-electron chi connectivity index (χ1n) is 7.02. The van der Waals surface area contributed by atoms with Gasteiger partial charge in [-0.2, -0.15) is 0 Å². The number of thioether (sulfide) groups is 1. The van der Waals surface area contributed by atoms with Crippen molar-refractivity contribution >= 4 is 38.6 Å². The molecule has 1 heterocycles. The van der Waals surface area contributed by atoms with Crippen LogP contribution in [0.4, 0.5) is 0 Å². The summed E-state index contributed by atoms with van der Waals surface area (Å²) in [5.41, 5.74) is 0.647. The highest BCUT2D eigenvalue weighted by Crippen LogP contribution is 2.23. The van der Waals surface area contributed by atoms with E-state index < -0.39 is 0 Å². The zero-order valence-electron chi connectivity index (χ0n) is 12.7. The molecule has 0 amide bonds. The van der Waals surface area contributed by atoms with Crippen LogP contribution in [-0.2, 0) is 5.88 Å². The van der Waals surface area contributed by atoms with E-state index in [2.05, 4.69) is 20.9 Å². The van der Waals surface area contributed by atoms with Crippen LogP contribution in [0.15, 0.2) is 56.6 Å². The molecular formula is C17H15BrN2O2S. The number of nitrogens with zero attached hydrogens (tertiary/aromatic N) is 2. The van der Waals surface area contributed by atoms with Gasteiger partial charge in [-0.05, 0) is 49.4 Å². The van der Waals surface area contributed by atoms with Crippen molar-refractivity contribution in [2.45, 2.75) is 17.7 Å². The zero-order chi connectivity index (χ0) is 16.4. The lowest BCUT2D eigenvalue weighted by molar-refractivity contribution is 0.415. The Morgan fingerprint density at radius 2 is 1.96 bits per heavy atom. The molecule has 3 aromatic rings. The van der Waals surface area contributed by atoms with Crippen LogP contribution in [0.3, 0.4) is 0 Å². The predicted molar refractivity (Wildman–Crippen MR) is 97.3 cm³/mol. The standard InChI is InChI=1S/C17H15BrN2O2S/c1-11-19-16-8-5-13(22-2)9-15(16)17(21)20(11)10-23-14-6-3-12(18)4-7-14/h3-9H,10H2,1-2H3. The first kappa shape index (κ1) is 16.1. The number of hydrogen-bond donors (Lipinski definition) is 0. The van der Waals surface area contributed by atoms with E-state index in [9.17, 15) is 4.79 Å². The molecule has 6 heteroatoms. The van der Waals surface area contributed by atoms with Gasteiger partial charge >= 0.3 is 0 Å². The molecule has 0 bridgehead atoms. The molecule has 0 unspecified atom stereocenters. The number of hydrogen-bond acceptors (Lipinski definition) is 4. The lowest BCUT2D eigenvalue weighted by Crippen LogP contribution is -2.23. The van der Waals surface area contributed by atoms with Crippen LogP contribution in [0.25, 0.3) is 10.9 Å². The summed E-state index contributed by atoms with van der Waals surface area (Å²) in [6, 6.07) is 13.4. The van der Waals surface area contributed by atoms with Crippen molar-refractivity contribution < 1.29 is 4.74 Å². The molecule has 2 aromatic carbocycles. The molecule has 118 valence electrons. The Kier molecular flexibility index (Phi) is 4.73. The van der Waals surface area contributed by atoms with Crippen LogP contribution in [0, 0.1) is 6.92 Å². The molecule has 0 N–H and O–H groups in total. The molecule has 0 fully saturated rings. The van der Waals surface area contributed by atoms with Crippen molar-refractivity contribution in [1.29, 1.82) is 0 Å². The lowest BCUT2D eigenvalue weighted by atomic mass is 10.2. The largest absolute Gasteiger partial charge is 0.497 e. The molecule has 0 saturated heterocycles. The van der Waals surface area contributed by atoms with Crippen molar-refractivity contribution in [3.8, 4) is 5.75 Å². The second-order valence-electron chi connectivity index (χ2n) is 5.00. The third-order valence-corrected chi connectivity index (χ3v) is 5.05. The fourth-order valence-electron chi connectivity index (χ4n) is 2.26. The van der Waals surface area contributed by atoms with Crippen LogP contribution in [0.1, 0.15) is 5.82 Å². The number of halogens is 1. The molecule has 0 atom stereocenters. The molecule has 0 aliphatic heterocycles. The third-order valence-electron chi connectivity index (χ3n) is 3.53. The molecule has 0 spiro atoms. The van der Waals surface area contributed by atoms with Gasteiger partial charge in [0.2, 0.25) is 0 Å². The number of fused-ring (bicyclic) bond motifs is 1. The topological polar surface area (TPSA) is 44.1 Å².